The van der Waals surface area contributed by atoms with Gasteiger partial charge in [0.2, 0.25) is 5.78 Å². The third kappa shape index (κ3) is 4.03. The molecule has 2 aromatic carbocycles. The maximum absolute atomic E-state index is 13.1. The number of sulfonamides is 1. The highest BCUT2D eigenvalue weighted by molar-refractivity contribution is 7.92. The zero-order valence-electron chi connectivity index (χ0n) is 17.8. The normalized spacial score (nSPS) is 11.6. The number of oxazole rings is 1. The second kappa shape index (κ2) is 8.06. The van der Waals surface area contributed by atoms with E-state index >= 15 is 0 Å². The van der Waals surface area contributed by atoms with Crippen LogP contribution in [0.15, 0.2) is 82.7 Å². The van der Waals surface area contributed by atoms with Crippen molar-refractivity contribution < 1.29 is 17.6 Å². The molecule has 0 unspecified atom stereocenters. The summed E-state index contributed by atoms with van der Waals surface area (Å²) in [5, 5.41) is 0. The zero-order chi connectivity index (χ0) is 23.0. The predicted octanol–water partition coefficient (Wildman–Crippen LogP) is 4.17. The molecule has 3 aromatic heterocycles. The Hall–Kier alpha value is -4.18. The molecular formula is C23H19N5O4S. The summed E-state index contributed by atoms with van der Waals surface area (Å²) >= 11 is 0. The van der Waals surface area contributed by atoms with Crippen molar-refractivity contribution in [2.75, 3.05) is 11.8 Å². The highest BCUT2D eigenvalue weighted by Gasteiger charge is 2.18. The van der Waals surface area contributed by atoms with Crippen LogP contribution in [0.25, 0.3) is 28.3 Å². The van der Waals surface area contributed by atoms with Crippen LogP contribution in [0.3, 0.4) is 0 Å². The van der Waals surface area contributed by atoms with Gasteiger partial charge in [0, 0.05) is 36.6 Å². The summed E-state index contributed by atoms with van der Waals surface area (Å²) in [4.78, 5) is 13.1. The van der Waals surface area contributed by atoms with E-state index in [-0.39, 0.29) is 4.90 Å². The molecule has 33 heavy (non-hydrogen) atoms. The van der Waals surface area contributed by atoms with E-state index in [0.29, 0.717) is 34.5 Å². The van der Waals surface area contributed by atoms with E-state index in [9.17, 15) is 8.42 Å². The van der Waals surface area contributed by atoms with E-state index < -0.39 is 10.0 Å². The monoisotopic (exact) mass is 461 g/mol. The standard InChI is InChI=1S/C23H19N5O4S/c1-15-25-21(14-32-15)16-4-7-18(8-5-16)33(29,30)27-19-12-17(6-9-22(19)31-2)20-13-28-11-3-10-24-23(28)26-20/h3-14,27H,1-2H3. The summed E-state index contributed by atoms with van der Waals surface area (Å²) in [6, 6.07) is 13.4. The molecule has 0 aliphatic heterocycles. The molecule has 9 nitrogen and oxygen atoms in total. The second-order valence-corrected chi connectivity index (χ2v) is 8.93. The van der Waals surface area contributed by atoms with Crippen molar-refractivity contribution >= 4 is 21.5 Å². The molecule has 3 heterocycles. The first-order chi connectivity index (χ1) is 15.9. The Labute approximate surface area is 189 Å². The molecule has 0 saturated carbocycles. The van der Waals surface area contributed by atoms with Gasteiger partial charge in [-0.1, -0.05) is 12.1 Å². The minimum atomic E-state index is -3.88. The summed E-state index contributed by atoms with van der Waals surface area (Å²) in [6.07, 6.45) is 6.86. The number of methoxy groups -OCH3 is 1. The lowest BCUT2D eigenvalue weighted by Gasteiger charge is -2.13. The van der Waals surface area contributed by atoms with Gasteiger partial charge in [0.05, 0.1) is 23.4 Å². The van der Waals surface area contributed by atoms with Crippen LogP contribution in [0.4, 0.5) is 5.69 Å². The Morgan fingerprint density at radius 1 is 1.03 bits per heavy atom. The Kier molecular flexibility index (Phi) is 5.06. The van der Waals surface area contributed by atoms with Gasteiger partial charge in [-0.3, -0.25) is 9.12 Å². The molecule has 0 fully saturated rings. The Bertz CT molecular complexity index is 1520. The summed E-state index contributed by atoms with van der Waals surface area (Å²) in [5.74, 6) is 1.48. The van der Waals surface area contributed by atoms with Gasteiger partial charge in [-0.2, -0.15) is 0 Å². The Morgan fingerprint density at radius 2 is 1.82 bits per heavy atom. The van der Waals surface area contributed by atoms with Crippen LogP contribution in [0.1, 0.15) is 5.89 Å². The van der Waals surface area contributed by atoms with Crippen LogP contribution in [-0.2, 0) is 10.0 Å². The van der Waals surface area contributed by atoms with Crippen LogP contribution in [-0.4, -0.2) is 34.9 Å². The number of rotatable bonds is 6. The summed E-state index contributed by atoms with van der Waals surface area (Å²) < 4.78 is 41.2. The van der Waals surface area contributed by atoms with Crippen molar-refractivity contribution in [2.45, 2.75) is 11.8 Å². The Morgan fingerprint density at radius 3 is 2.52 bits per heavy atom. The number of aryl methyl sites for hydroxylation is 1. The molecule has 10 heteroatoms. The molecule has 5 rings (SSSR count). The van der Waals surface area contributed by atoms with Gasteiger partial charge in [0.15, 0.2) is 5.89 Å². The maximum atomic E-state index is 13.1. The summed E-state index contributed by atoms with van der Waals surface area (Å²) in [7, 11) is -2.39. The van der Waals surface area contributed by atoms with E-state index in [1.54, 1.807) is 47.9 Å². The fourth-order valence-corrected chi connectivity index (χ4v) is 4.48. The number of imidazole rings is 1. The lowest BCUT2D eigenvalue weighted by Crippen LogP contribution is -2.13. The van der Waals surface area contributed by atoms with Crippen LogP contribution in [0.5, 0.6) is 5.75 Å². The van der Waals surface area contributed by atoms with E-state index in [0.717, 1.165) is 11.1 Å². The molecule has 0 spiro atoms. The first kappa shape index (κ1) is 20.7. The molecule has 166 valence electrons. The number of fused-ring (bicyclic) bond motifs is 1. The van der Waals surface area contributed by atoms with Crippen LogP contribution >= 0.6 is 0 Å². The molecule has 0 bridgehead atoms. The van der Waals surface area contributed by atoms with Crippen molar-refractivity contribution in [3.05, 3.63) is 79.3 Å². The molecule has 0 amide bonds. The fourth-order valence-electron chi connectivity index (χ4n) is 3.42. The Balaban J connectivity index is 1.46. The third-order valence-electron chi connectivity index (χ3n) is 5.05. The molecule has 0 aliphatic carbocycles. The number of aromatic nitrogens is 4. The van der Waals surface area contributed by atoms with Gasteiger partial charge < -0.3 is 9.15 Å². The average molecular weight is 462 g/mol. The predicted molar refractivity (Wildman–Crippen MR) is 122 cm³/mol. The van der Waals surface area contributed by atoms with Crippen LogP contribution < -0.4 is 9.46 Å². The number of benzene rings is 2. The van der Waals surface area contributed by atoms with Gasteiger partial charge in [0.25, 0.3) is 10.0 Å². The first-order valence-electron chi connectivity index (χ1n) is 9.96. The smallest absolute Gasteiger partial charge is 0.262 e. The van der Waals surface area contributed by atoms with Gasteiger partial charge in [-0.05, 0) is 36.4 Å². The number of hydrogen-bond acceptors (Lipinski definition) is 7. The highest BCUT2D eigenvalue weighted by atomic mass is 32.2. The zero-order valence-corrected chi connectivity index (χ0v) is 18.6. The van der Waals surface area contributed by atoms with Crippen LogP contribution in [0.2, 0.25) is 0 Å². The summed E-state index contributed by atoms with van der Waals surface area (Å²) in [5.41, 5.74) is 3.07. The largest absolute Gasteiger partial charge is 0.495 e. The molecule has 5 aromatic rings. The molecule has 1 N–H and O–H groups in total. The van der Waals surface area contributed by atoms with E-state index in [1.165, 1.54) is 25.5 Å². The van der Waals surface area contributed by atoms with Gasteiger partial charge in [0.1, 0.15) is 17.7 Å². The van der Waals surface area contributed by atoms with Crippen molar-refractivity contribution in [3.63, 3.8) is 0 Å². The third-order valence-corrected chi connectivity index (χ3v) is 6.44. The SMILES string of the molecule is COc1ccc(-c2cn3cccnc3n2)cc1NS(=O)(=O)c1ccc(-c2coc(C)n2)cc1. The first-order valence-corrected chi connectivity index (χ1v) is 11.4. The van der Waals surface area contributed by atoms with Crippen molar-refractivity contribution in [1.29, 1.82) is 0 Å². The molecule has 0 aliphatic rings. The molecular weight excluding hydrogens is 442 g/mol. The number of ether oxygens (including phenoxy) is 1. The maximum Gasteiger partial charge on any atom is 0.262 e. The second-order valence-electron chi connectivity index (χ2n) is 7.25. The van der Waals surface area contributed by atoms with Gasteiger partial charge in [-0.25, -0.2) is 23.4 Å². The molecule has 0 atom stereocenters. The quantitative estimate of drug-likeness (QED) is 0.404. The number of hydrogen-bond donors (Lipinski definition) is 1. The number of anilines is 1. The van der Waals surface area contributed by atoms with Crippen molar-refractivity contribution in [1.82, 2.24) is 19.4 Å². The van der Waals surface area contributed by atoms with Crippen molar-refractivity contribution in [2.24, 2.45) is 0 Å². The topological polar surface area (TPSA) is 112 Å². The summed E-state index contributed by atoms with van der Waals surface area (Å²) in [6.45, 7) is 1.75. The van der Waals surface area contributed by atoms with Crippen LogP contribution in [0, 0.1) is 6.92 Å². The number of nitrogens with one attached hydrogen (secondary N) is 1. The lowest BCUT2D eigenvalue weighted by molar-refractivity contribution is 0.417. The number of nitrogens with zero attached hydrogens (tertiary/aromatic N) is 4. The average Bonchev–Trinajstić information content (AvgIpc) is 3.45. The molecule has 0 radical (unpaired) electrons. The van der Waals surface area contributed by atoms with E-state index in [1.807, 2.05) is 18.5 Å². The highest BCUT2D eigenvalue weighted by Crippen LogP contribution is 2.32. The van der Waals surface area contributed by atoms with E-state index in [2.05, 4.69) is 19.7 Å². The minimum absolute atomic E-state index is 0.107. The van der Waals surface area contributed by atoms with Crippen molar-refractivity contribution in [3.8, 4) is 28.3 Å². The lowest BCUT2D eigenvalue weighted by atomic mass is 10.1. The van der Waals surface area contributed by atoms with Gasteiger partial charge in [-0.15, -0.1) is 0 Å². The minimum Gasteiger partial charge on any atom is -0.495 e. The fraction of sp³-hybridized carbons (Fsp3) is 0.0870. The van der Waals surface area contributed by atoms with Gasteiger partial charge >= 0.3 is 0 Å². The molecule has 0 saturated heterocycles. The van der Waals surface area contributed by atoms with E-state index in [4.69, 9.17) is 9.15 Å².